The second kappa shape index (κ2) is 12.7. The van der Waals surface area contributed by atoms with E-state index in [4.69, 9.17) is 0 Å². The van der Waals surface area contributed by atoms with Crippen LogP contribution in [0.25, 0.3) is 54.7 Å². The van der Waals surface area contributed by atoms with E-state index >= 15 is 0 Å². The summed E-state index contributed by atoms with van der Waals surface area (Å²) in [5, 5.41) is 7.82. The zero-order valence-corrected chi connectivity index (χ0v) is 27.0. The summed E-state index contributed by atoms with van der Waals surface area (Å²) in [6.45, 7) is 4.34. The summed E-state index contributed by atoms with van der Waals surface area (Å²) < 4.78 is 4.69. The molecule has 0 aliphatic heterocycles. The van der Waals surface area contributed by atoms with Crippen LogP contribution in [-0.2, 0) is 26.2 Å². The molecule has 202 valence electrons. The number of aryl methyl sites for hydroxylation is 2. The average Bonchev–Trinajstić information content (AvgIpc) is 3.70. The Morgan fingerprint density at radius 1 is 0.439 bits per heavy atom. The van der Waals surface area contributed by atoms with Crippen LogP contribution in [0.15, 0.2) is 133 Å². The number of rotatable bonds is 2. The summed E-state index contributed by atoms with van der Waals surface area (Å²) in [5.41, 5.74) is 7.64. The van der Waals surface area contributed by atoms with Crippen molar-refractivity contribution < 1.29 is 26.2 Å². The Morgan fingerprint density at radius 2 is 0.780 bits per heavy atom. The van der Waals surface area contributed by atoms with Gasteiger partial charge in [-0.2, -0.15) is 0 Å². The van der Waals surface area contributed by atoms with Gasteiger partial charge < -0.3 is 9.13 Å². The molecular weight excluding hydrogens is 623 g/mol. The van der Waals surface area contributed by atoms with Crippen LogP contribution < -0.4 is 0 Å². The van der Waals surface area contributed by atoms with Crippen LogP contribution in [0.3, 0.4) is 0 Å². The topological polar surface area (TPSA) is 9.86 Å². The van der Waals surface area contributed by atoms with Gasteiger partial charge in [-0.1, -0.05) is 131 Å². The molecule has 2 heterocycles. The Hall–Kier alpha value is -3.36. The van der Waals surface area contributed by atoms with Gasteiger partial charge in [0.25, 0.3) is 0 Å². The van der Waals surface area contributed by atoms with Crippen molar-refractivity contribution in [2.24, 2.45) is 0 Å². The van der Waals surface area contributed by atoms with Crippen LogP contribution in [0, 0.1) is 13.8 Å². The molecule has 8 rings (SSSR count). The van der Waals surface area contributed by atoms with Crippen LogP contribution in [0.1, 0.15) is 11.4 Å². The number of benzene rings is 4. The molecular formula is C36H30Cl2N2Zr. The number of nitrogens with zero attached hydrogens (tertiary/aromatic N) is 2. The van der Waals surface area contributed by atoms with Crippen LogP contribution in [0.2, 0.25) is 0 Å². The van der Waals surface area contributed by atoms with Crippen molar-refractivity contribution in [1.29, 1.82) is 0 Å². The first-order valence-corrected chi connectivity index (χ1v) is 13.1. The molecule has 0 fully saturated rings. The first kappa shape index (κ1) is 30.6. The van der Waals surface area contributed by atoms with Crippen molar-refractivity contribution in [3.8, 4) is 11.4 Å². The molecule has 0 bridgehead atoms. The average molecular weight is 653 g/mol. The summed E-state index contributed by atoms with van der Waals surface area (Å²) in [6.07, 6.45) is 0. The van der Waals surface area contributed by atoms with Gasteiger partial charge in [0.15, 0.2) is 0 Å². The zero-order chi connectivity index (χ0) is 25.6. The van der Waals surface area contributed by atoms with E-state index < -0.39 is 0 Å². The second-order valence-electron chi connectivity index (χ2n) is 9.97. The SMILES string of the molecule is Cc1cc2ccccc2n1-[c-]1ccc2ccccc21.Cc1cc2ccccc2n1-[c-]1ccc2ccccc21.Cl.Cl.[Zr+2]. The number of hydrogen-bond donors (Lipinski definition) is 0. The molecule has 0 saturated carbocycles. The van der Waals surface area contributed by atoms with Crippen LogP contribution >= 0.6 is 24.8 Å². The maximum atomic E-state index is 2.34. The smallest absolute Gasteiger partial charge is 0.394 e. The molecule has 2 aromatic heterocycles. The Morgan fingerprint density at radius 3 is 1.20 bits per heavy atom. The molecule has 5 heteroatoms. The van der Waals surface area contributed by atoms with Crippen molar-refractivity contribution in [2.45, 2.75) is 13.8 Å². The summed E-state index contributed by atoms with van der Waals surface area (Å²) in [4.78, 5) is 0. The number of para-hydroxylation sites is 2. The number of fused-ring (bicyclic) bond motifs is 4. The molecule has 0 N–H and O–H groups in total. The van der Waals surface area contributed by atoms with Gasteiger partial charge in [-0.15, -0.1) is 49.1 Å². The number of halogens is 2. The second-order valence-corrected chi connectivity index (χ2v) is 9.97. The van der Waals surface area contributed by atoms with E-state index in [9.17, 15) is 0 Å². The Labute approximate surface area is 271 Å². The Bertz CT molecular complexity index is 1920. The zero-order valence-electron chi connectivity index (χ0n) is 22.9. The minimum absolute atomic E-state index is 0. The molecule has 6 aromatic carbocycles. The monoisotopic (exact) mass is 650 g/mol. The number of hydrogen-bond acceptors (Lipinski definition) is 0. The fourth-order valence-electron chi connectivity index (χ4n) is 5.88. The molecule has 0 aliphatic rings. The van der Waals surface area contributed by atoms with E-state index in [0.717, 1.165) is 0 Å². The molecule has 0 radical (unpaired) electrons. The molecule has 0 spiro atoms. The minimum Gasteiger partial charge on any atom is -0.394 e. The summed E-state index contributed by atoms with van der Waals surface area (Å²) in [5.74, 6) is 0. The van der Waals surface area contributed by atoms with Gasteiger partial charge in [0.1, 0.15) is 0 Å². The van der Waals surface area contributed by atoms with Crippen molar-refractivity contribution in [3.05, 3.63) is 145 Å². The first-order chi connectivity index (χ1) is 18.7. The third kappa shape index (κ3) is 5.35. The van der Waals surface area contributed by atoms with E-state index in [1.54, 1.807) is 0 Å². The molecule has 0 amide bonds. The maximum absolute atomic E-state index is 2.34. The van der Waals surface area contributed by atoms with Crippen LogP contribution in [0.5, 0.6) is 0 Å². The van der Waals surface area contributed by atoms with Gasteiger partial charge in [-0.3, -0.25) is 0 Å². The molecule has 8 aromatic rings. The predicted molar refractivity (Wildman–Crippen MR) is 177 cm³/mol. The Kier molecular flexibility index (Phi) is 9.45. The van der Waals surface area contributed by atoms with Crippen LogP contribution in [-0.4, -0.2) is 9.13 Å². The van der Waals surface area contributed by atoms with Gasteiger partial charge >= 0.3 is 26.2 Å². The molecule has 0 atom stereocenters. The molecule has 2 nitrogen and oxygen atoms in total. The van der Waals surface area contributed by atoms with E-state index in [1.807, 2.05) is 0 Å². The third-order valence-corrected chi connectivity index (χ3v) is 7.59. The van der Waals surface area contributed by atoms with Crippen molar-refractivity contribution in [2.75, 3.05) is 0 Å². The fraction of sp³-hybridized carbons (Fsp3) is 0.0556. The van der Waals surface area contributed by atoms with E-state index in [1.165, 1.54) is 66.1 Å². The normalized spacial score (nSPS) is 10.6. The first-order valence-electron chi connectivity index (χ1n) is 13.1. The predicted octanol–water partition coefficient (Wildman–Crippen LogP) is 10.5. The molecule has 41 heavy (non-hydrogen) atoms. The third-order valence-electron chi connectivity index (χ3n) is 7.59. The summed E-state index contributed by atoms with van der Waals surface area (Å²) in [6, 6.07) is 47.5. The fourth-order valence-corrected chi connectivity index (χ4v) is 5.88. The molecule has 0 saturated heterocycles. The van der Waals surface area contributed by atoms with Crippen molar-refractivity contribution in [1.82, 2.24) is 9.13 Å². The van der Waals surface area contributed by atoms with Gasteiger partial charge in [0.05, 0.1) is 0 Å². The largest absolute Gasteiger partial charge is 2.00 e. The molecule has 0 unspecified atom stereocenters. The summed E-state index contributed by atoms with van der Waals surface area (Å²) in [7, 11) is 0. The summed E-state index contributed by atoms with van der Waals surface area (Å²) >= 11 is 0. The van der Waals surface area contributed by atoms with Crippen LogP contribution in [0.4, 0.5) is 0 Å². The molecule has 0 aliphatic carbocycles. The van der Waals surface area contributed by atoms with Gasteiger partial charge in [-0.25, -0.2) is 0 Å². The van der Waals surface area contributed by atoms with Crippen molar-refractivity contribution >= 4 is 68.2 Å². The standard InChI is InChI=1S/2C18H14N.2ClH.Zr/c2*1-13-12-15-7-3-5-9-17(15)19(13)18-11-10-14-6-2-4-8-16(14)18;;;/h2*2-12H,1H3;2*1H;/q2*-1;;;+2. The van der Waals surface area contributed by atoms with Gasteiger partial charge in [0.2, 0.25) is 0 Å². The maximum Gasteiger partial charge on any atom is 2.00 e. The van der Waals surface area contributed by atoms with Gasteiger partial charge in [-0.05, 0) is 58.4 Å². The van der Waals surface area contributed by atoms with E-state index in [-0.39, 0.29) is 51.0 Å². The van der Waals surface area contributed by atoms with E-state index in [2.05, 4.69) is 156 Å². The quantitative estimate of drug-likeness (QED) is 0.165. The Balaban J connectivity index is 0.000000176. The number of aromatic nitrogens is 2. The van der Waals surface area contributed by atoms with Crippen molar-refractivity contribution in [3.63, 3.8) is 0 Å². The van der Waals surface area contributed by atoms with E-state index in [0.29, 0.717) is 0 Å². The van der Waals surface area contributed by atoms with Gasteiger partial charge in [0, 0.05) is 0 Å². The minimum atomic E-state index is 0.